The van der Waals surface area contributed by atoms with E-state index in [1.807, 2.05) is 0 Å². The molecule has 128 valence electrons. The van der Waals surface area contributed by atoms with Crippen LogP contribution in [0.1, 0.15) is 18.5 Å². The monoisotopic (exact) mass is 357 g/mol. The van der Waals surface area contributed by atoms with Crippen molar-refractivity contribution in [2.24, 2.45) is 0 Å². The van der Waals surface area contributed by atoms with E-state index < -0.39 is 23.8 Å². The first-order valence-corrected chi connectivity index (χ1v) is 7.89. The molecule has 2 aromatic rings. The largest absolute Gasteiger partial charge is 0.480 e. The van der Waals surface area contributed by atoms with E-state index in [0.29, 0.717) is 5.56 Å². The van der Waals surface area contributed by atoms with Gasteiger partial charge in [-0.05, 0) is 49.0 Å². The van der Waals surface area contributed by atoms with Crippen LogP contribution in [0.5, 0.6) is 0 Å². The summed E-state index contributed by atoms with van der Waals surface area (Å²) in [5, 5.41) is 12.5. The molecule has 1 atom stereocenters. The molecule has 7 nitrogen and oxygen atoms in total. The first-order valence-electron chi connectivity index (χ1n) is 7.48. The fourth-order valence-electron chi connectivity index (χ4n) is 2.64. The highest BCUT2D eigenvalue weighted by atomic mass is 32.1. The van der Waals surface area contributed by atoms with E-state index in [1.54, 1.807) is 42.0 Å². The average molecular weight is 357 g/mol. The van der Waals surface area contributed by atoms with Gasteiger partial charge in [-0.1, -0.05) is 6.07 Å². The standard InChI is InChI=1S/C17H15N3O4S/c1-9(16(23)24)20-6-5-11-7-10(3-4-13(11)20)8-12-14(21)18-17(25)19(2)15(12)22/h3-9H,1-2H3,(H,23,24)(H,18,21,25)/b12-8+/t9-/m0/s1. The molecule has 1 aliphatic rings. The number of thiocarbonyl (C=S) groups is 1. The molecule has 0 unspecified atom stereocenters. The number of hydrogen-bond donors (Lipinski definition) is 2. The van der Waals surface area contributed by atoms with E-state index in [1.165, 1.54) is 18.0 Å². The number of amides is 2. The number of aromatic nitrogens is 1. The molecule has 1 aliphatic heterocycles. The van der Waals surface area contributed by atoms with Crippen molar-refractivity contribution in [1.29, 1.82) is 0 Å². The number of aliphatic carboxylic acids is 1. The van der Waals surface area contributed by atoms with Gasteiger partial charge in [-0.2, -0.15) is 0 Å². The summed E-state index contributed by atoms with van der Waals surface area (Å²) < 4.78 is 1.65. The van der Waals surface area contributed by atoms with Gasteiger partial charge in [0.25, 0.3) is 11.8 Å². The van der Waals surface area contributed by atoms with E-state index in [2.05, 4.69) is 5.32 Å². The SMILES string of the molecule is C[C@@H](C(=O)O)n1ccc2cc(/C=C3\C(=O)NC(=S)N(C)C3=O)ccc21. The molecule has 3 rings (SSSR count). The lowest BCUT2D eigenvalue weighted by molar-refractivity contribution is -0.140. The molecule has 2 amide bonds. The van der Waals surface area contributed by atoms with Crippen molar-refractivity contribution in [3.63, 3.8) is 0 Å². The first kappa shape index (κ1) is 16.8. The average Bonchev–Trinajstić information content (AvgIpc) is 2.99. The number of carbonyl (C=O) groups excluding carboxylic acids is 2. The number of hydrogen-bond acceptors (Lipinski definition) is 4. The molecule has 2 N–H and O–H groups in total. The highest BCUT2D eigenvalue weighted by molar-refractivity contribution is 7.80. The predicted octanol–water partition coefficient (Wildman–Crippen LogP) is 1.54. The van der Waals surface area contributed by atoms with Crippen molar-refractivity contribution >= 4 is 52.1 Å². The molecule has 25 heavy (non-hydrogen) atoms. The minimum atomic E-state index is -0.924. The molecule has 2 heterocycles. The number of benzene rings is 1. The zero-order chi connectivity index (χ0) is 18.3. The van der Waals surface area contributed by atoms with Gasteiger partial charge >= 0.3 is 5.97 Å². The van der Waals surface area contributed by atoms with Gasteiger partial charge < -0.3 is 9.67 Å². The highest BCUT2D eigenvalue weighted by Crippen LogP contribution is 2.23. The Balaban J connectivity index is 2.00. The second-order valence-electron chi connectivity index (χ2n) is 5.74. The summed E-state index contributed by atoms with van der Waals surface area (Å²) >= 11 is 4.91. The lowest BCUT2D eigenvalue weighted by Crippen LogP contribution is -2.52. The van der Waals surface area contributed by atoms with E-state index in [4.69, 9.17) is 17.3 Å². The molecule has 0 saturated carbocycles. The van der Waals surface area contributed by atoms with Crippen molar-refractivity contribution in [1.82, 2.24) is 14.8 Å². The topological polar surface area (TPSA) is 91.6 Å². The van der Waals surface area contributed by atoms with Gasteiger partial charge in [-0.15, -0.1) is 0 Å². The number of carboxylic acid groups (broad SMARTS) is 1. The summed E-state index contributed by atoms with van der Waals surface area (Å²) in [5.41, 5.74) is 1.41. The third-order valence-corrected chi connectivity index (χ3v) is 4.51. The van der Waals surface area contributed by atoms with Crippen LogP contribution < -0.4 is 5.32 Å². The molecule has 1 saturated heterocycles. The van der Waals surface area contributed by atoms with Crippen molar-refractivity contribution in [2.45, 2.75) is 13.0 Å². The molecule has 1 aromatic carbocycles. The van der Waals surface area contributed by atoms with Crippen LogP contribution >= 0.6 is 12.2 Å². The molecule has 0 radical (unpaired) electrons. The van der Waals surface area contributed by atoms with Crippen LogP contribution in [0.25, 0.3) is 17.0 Å². The van der Waals surface area contributed by atoms with Crippen molar-refractivity contribution < 1.29 is 19.5 Å². The summed E-state index contributed by atoms with van der Waals surface area (Å²) in [6.45, 7) is 1.60. The Kier molecular flexibility index (Phi) is 4.13. The van der Waals surface area contributed by atoms with E-state index in [9.17, 15) is 14.4 Å². The van der Waals surface area contributed by atoms with Gasteiger partial charge in [0, 0.05) is 24.1 Å². The molecule has 0 aliphatic carbocycles. The van der Waals surface area contributed by atoms with Crippen LogP contribution in [0.4, 0.5) is 0 Å². The Bertz CT molecular complexity index is 960. The minimum Gasteiger partial charge on any atom is -0.480 e. The van der Waals surface area contributed by atoms with Crippen LogP contribution in [-0.2, 0) is 14.4 Å². The second kappa shape index (κ2) is 6.14. The zero-order valence-electron chi connectivity index (χ0n) is 13.5. The Morgan fingerprint density at radius 1 is 1.32 bits per heavy atom. The Hall–Kier alpha value is -3.00. The van der Waals surface area contributed by atoms with E-state index in [0.717, 1.165) is 10.9 Å². The van der Waals surface area contributed by atoms with E-state index >= 15 is 0 Å². The summed E-state index contributed by atoms with van der Waals surface area (Å²) in [7, 11) is 1.49. The molecular formula is C17H15N3O4S. The maximum absolute atomic E-state index is 12.2. The van der Waals surface area contributed by atoms with Crippen molar-refractivity contribution in [2.75, 3.05) is 7.05 Å². The maximum atomic E-state index is 12.2. The first-order chi connectivity index (χ1) is 11.8. The third-order valence-electron chi connectivity index (χ3n) is 4.13. The molecule has 8 heteroatoms. The van der Waals surface area contributed by atoms with Crippen LogP contribution in [0.3, 0.4) is 0 Å². The zero-order valence-corrected chi connectivity index (χ0v) is 14.3. The number of fused-ring (bicyclic) bond motifs is 1. The van der Waals surface area contributed by atoms with Crippen LogP contribution in [-0.4, -0.2) is 44.5 Å². The summed E-state index contributed by atoms with van der Waals surface area (Å²) in [4.78, 5) is 36.6. The lowest BCUT2D eigenvalue weighted by Gasteiger charge is -2.25. The molecule has 0 spiro atoms. The minimum absolute atomic E-state index is 0.00575. The molecule has 1 fully saturated rings. The quantitative estimate of drug-likeness (QED) is 0.494. The number of carboxylic acids is 1. The number of nitrogens with zero attached hydrogens (tertiary/aromatic N) is 2. The molecule has 1 aromatic heterocycles. The Morgan fingerprint density at radius 2 is 2.04 bits per heavy atom. The van der Waals surface area contributed by atoms with E-state index in [-0.39, 0.29) is 10.7 Å². The van der Waals surface area contributed by atoms with Gasteiger partial charge in [-0.3, -0.25) is 19.8 Å². The fraction of sp³-hybridized carbons (Fsp3) is 0.176. The Morgan fingerprint density at radius 3 is 2.72 bits per heavy atom. The normalized spacial score (nSPS) is 17.9. The van der Waals surface area contributed by atoms with Crippen LogP contribution in [0.2, 0.25) is 0 Å². The summed E-state index contributed by atoms with van der Waals surface area (Å²) in [6.07, 6.45) is 3.19. The maximum Gasteiger partial charge on any atom is 0.326 e. The van der Waals surface area contributed by atoms with Gasteiger partial charge in [0.1, 0.15) is 11.6 Å². The van der Waals surface area contributed by atoms with Crippen molar-refractivity contribution in [3.8, 4) is 0 Å². The predicted molar refractivity (Wildman–Crippen MR) is 95.8 cm³/mol. The third kappa shape index (κ3) is 2.91. The van der Waals surface area contributed by atoms with Gasteiger partial charge in [-0.25, -0.2) is 4.79 Å². The van der Waals surface area contributed by atoms with Gasteiger partial charge in [0.05, 0.1) is 0 Å². The van der Waals surface area contributed by atoms with Gasteiger partial charge in [0.2, 0.25) is 0 Å². The Labute approximate surface area is 148 Å². The highest BCUT2D eigenvalue weighted by Gasteiger charge is 2.30. The number of likely N-dealkylation sites (N-methyl/N-ethyl adjacent to an activating group) is 1. The van der Waals surface area contributed by atoms with Crippen molar-refractivity contribution in [3.05, 3.63) is 41.6 Å². The smallest absolute Gasteiger partial charge is 0.326 e. The number of rotatable bonds is 3. The number of carbonyl (C=O) groups is 3. The lowest BCUT2D eigenvalue weighted by atomic mass is 10.1. The fourth-order valence-corrected chi connectivity index (χ4v) is 2.82. The summed E-state index contributed by atoms with van der Waals surface area (Å²) in [5.74, 6) is -1.93. The van der Waals surface area contributed by atoms with Gasteiger partial charge in [0.15, 0.2) is 5.11 Å². The summed E-state index contributed by atoms with van der Waals surface area (Å²) in [6, 6.07) is 6.39. The molecular weight excluding hydrogens is 342 g/mol. The molecule has 0 bridgehead atoms. The number of nitrogens with one attached hydrogen (secondary N) is 1. The van der Waals surface area contributed by atoms with Crippen LogP contribution in [0.15, 0.2) is 36.0 Å². The second-order valence-corrected chi connectivity index (χ2v) is 6.12. The van der Waals surface area contributed by atoms with Crippen LogP contribution in [0, 0.1) is 0 Å².